The van der Waals surface area contributed by atoms with Crippen LogP contribution < -0.4 is 15.5 Å². The fraction of sp³-hybridized carbons (Fsp3) is 0.174. The maximum absolute atomic E-state index is 14.2. The number of ether oxygens (including phenoxy) is 1. The van der Waals surface area contributed by atoms with Gasteiger partial charge in [-0.15, -0.1) is 0 Å². The van der Waals surface area contributed by atoms with Crippen LogP contribution in [0.5, 0.6) is 0 Å². The number of halogens is 3. The molecule has 34 heavy (non-hydrogen) atoms. The lowest BCUT2D eigenvalue weighted by atomic mass is 10.1. The number of carbonyl (C=O) groups excluding carboxylic acids is 1. The molecule has 0 radical (unpaired) electrons. The van der Waals surface area contributed by atoms with Crippen molar-refractivity contribution in [1.29, 1.82) is 0 Å². The Hall–Kier alpha value is -3.40. The predicted molar refractivity (Wildman–Crippen MR) is 130 cm³/mol. The summed E-state index contributed by atoms with van der Waals surface area (Å²) in [6.07, 6.45) is 0. The van der Waals surface area contributed by atoms with Gasteiger partial charge in [-0.2, -0.15) is 0 Å². The maximum Gasteiger partial charge on any atom is 0.292 e. The van der Waals surface area contributed by atoms with E-state index in [1.165, 1.54) is 48.5 Å². The van der Waals surface area contributed by atoms with Crippen molar-refractivity contribution in [2.45, 2.75) is 0 Å². The number of nitro groups is 1. The molecule has 0 unspecified atom stereocenters. The largest absolute Gasteiger partial charge is 0.378 e. The Morgan fingerprint density at radius 3 is 2.53 bits per heavy atom. The van der Waals surface area contributed by atoms with Gasteiger partial charge in [0, 0.05) is 41.1 Å². The highest BCUT2D eigenvalue weighted by atomic mass is 35.5. The van der Waals surface area contributed by atoms with Crippen molar-refractivity contribution in [2.75, 3.05) is 41.8 Å². The lowest BCUT2D eigenvalue weighted by Crippen LogP contribution is -2.36. The maximum atomic E-state index is 14.2. The molecule has 0 bridgehead atoms. The van der Waals surface area contributed by atoms with Crippen LogP contribution in [0.15, 0.2) is 54.6 Å². The van der Waals surface area contributed by atoms with E-state index in [0.29, 0.717) is 42.7 Å². The van der Waals surface area contributed by atoms with Crippen LogP contribution in [0.25, 0.3) is 0 Å². The SMILES string of the molecule is O=C(Nc1cc(F)cc(N2CCOCC2)c1)c1ccc(Cl)c(Nc2cc(Cl)ccc2[N+](=O)[O-])c1. The van der Waals surface area contributed by atoms with E-state index < -0.39 is 16.6 Å². The van der Waals surface area contributed by atoms with Gasteiger partial charge in [0.15, 0.2) is 0 Å². The molecule has 0 aromatic heterocycles. The Kier molecular flexibility index (Phi) is 7.16. The van der Waals surface area contributed by atoms with Gasteiger partial charge in [0.1, 0.15) is 11.5 Å². The second-order valence-electron chi connectivity index (χ2n) is 7.49. The molecule has 8 nitrogen and oxygen atoms in total. The van der Waals surface area contributed by atoms with Crippen molar-refractivity contribution >= 4 is 57.5 Å². The Labute approximate surface area is 204 Å². The highest BCUT2D eigenvalue weighted by Gasteiger charge is 2.18. The number of rotatable bonds is 6. The van der Waals surface area contributed by atoms with Crippen molar-refractivity contribution in [3.8, 4) is 0 Å². The molecular weight excluding hydrogens is 486 g/mol. The number of hydrogen-bond donors (Lipinski definition) is 2. The Bertz CT molecular complexity index is 1250. The van der Waals surface area contributed by atoms with E-state index in [1.807, 2.05) is 4.90 Å². The molecule has 1 fully saturated rings. The molecule has 1 heterocycles. The van der Waals surface area contributed by atoms with E-state index in [4.69, 9.17) is 27.9 Å². The molecule has 2 N–H and O–H groups in total. The standard InChI is InChI=1S/C23H19Cl2FN4O4/c24-15-2-4-22(30(32)33)21(10-15)28-20-9-14(1-3-19(20)25)23(31)27-17-11-16(26)12-18(13-17)29-5-7-34-8-6-29/h1-4,9-13,28H,5-8H2,(H,27,31). The lowest BCUT2D eigenvalue weighted by molar-refractivity contribution is -0.383. The summed E-state index contributed by atoms with van der Waals surface area (Å²) in [5, 5.41) is 17.4. The van der Waals surface area contributed by atoms with Crippen molar-refractivity contribution < 1.29 is 18.8 Å². The lowest BCUT2D eigenvalue weighted by Gasteiger charge is -2.29. The molecule has 11 heteroatoms. The Morgan fingerprint density at radius 1 is 1.03 bits per heavy atom. The van der Waals surface area contributed by atoms with E-state index in [1.54, 1.807) is 6.07 Å². The smallest absolute Gasteiger partial charge is 0.292 e. The molecule has 4 rings (SSSR count). The molecule has 1 aliphatic heterocycles. The molecule has 0 saturated carbocycles. The van der Waals surface area contributed by atoms with Crippen molar-refractivity contribution in [1.82, 2.24) is 0 Å². The van der Waals surface area contributed by atoms with Crippen molar-refractivity contribution in [2.24, 2.45) is 0 Å². The number of nitrogens with one attached hydrogen (secondary N) is 2. The molecule has 0 spiro atoms. The summed E-state index contributed by atoms with van der Waals surface area (Å²) >= 11 is 12.2. The predicted octanol–water partition coefficient (Wildman–Crippen LogP) is 5.87. The summed E-state index contributed by atoms with van der Waals surface area (Å²) in [5.74, 6) is -0.982. The Balaban J connectivity index is 1.57. The zero-order valence-electron chi connectivity index (χ0n) is 17.7. The van der Waals surface area contributed by atoms with E-state index in [9.17, 15) is 19.3 Å². The number of hydrogen-bond acceptors (Lipinski definition) is 6. The van der Waals surface area contributed by atoms with Crippen LogP contribution in [0, 0.1) is 15.9 Å². The summed E-state index contributed by atoms with van der Waals surface area (Å²) in [6.45, 7) is 2.34. The van der Waals surface area contributed by atoms with Gasteiger partial charge >= 0.3 is 0 Å². The van der Waals surface area contributed by atoms with Gasteiger partial charge < -0.3 is 20.3 Å². The van der Waals surface area contributed by atoms with E-state index in [-0.39, 0.29) is 27.6 Å². The van der Waals surface area contributed by atoms with Crippen LogP contribution in [-0.2, 0) is 4.74 Å². The number of benzene rings is 3. The van der Waals surface area contributed by atoms with E-state index in [0.717, 1.165) is 0 Å². The van der Waals surface area contributed by atoms with Gasteiger partial charge in [-0.05, 0) is 48.5 Å². The second-order valence-corrected chi connectivity index (χ2v) is 8.33. The monoisotopic (exact) mass is 504 g/mol. The summed E-state index contributed by atoms with van der Waals surface area (Å²) in [5.41, 5.74) is 1.34. The van der Waals surface area contributed by atoms with Crippen LogP contribution in [0.4, 0.5) is 32.8 Å². The molecular formula is C23H19Cl2FN4O4. The fourth-order valence-corrected chi connectivity index (χ4v) is 3.87. The Morgan fingerprint density at radius 2 is 1.79 bits per heavy atom. The molecule has 0 atom stereocenters. The van der Waals surface area contributed by atoms with Crippen molar-refractivity contribution in [3.63, 3.8) is 0 Å². The van der Waals surface area contributed by atoms with Crippen molar-refractivity contribution in [3.05, 3.63) is 86.1 Å². The van der Waals surface area contributed by atoms with E-state index >= 15 is 0 Å². The second kappa shape index (κ2) is 10.3. The van der Waals surface area contributed by atoms with E-state index in [2.05, 4.69) is 10.6 Å². The molecule has 1 saturated heterocycles. The first kappa shape index (κ1) is 23.7. The number of anilines is 4. The third-order valence-corrected chi connectivity index (χ3v) is 5.73. The average Bonchev–Trinajstić information content (AvgIpc) is 2.80. The third kappa shape index (κ3) is 5.56. The fourth-order valence-electron chi connectivity index (χ4n) is 3.53. The normalized spacial score (nSPS) is 13.4. The van der Waals surface area contributed by atoms with Gasteiger partial charge in [0.25, 0.3) is 11.6 Å². The highest BCUT2D eigenvalue weighted by molar-refractivity contribution is 6.33. The summed E-state index contributed by atoms with van der Waals surface area (Å²) in [6, 6.07) is 12.8. The quantitative estimate of drug-likeness (QED) is 0.321. The van der Waals surface area contributed by atoms with Crippen LogP contribution in [0.2, 0.25) is 10.0 Å². The number of nitrogens with zero attached hydrogens (tertiary/aromatic N) is 2. The van der Waals surface area contributed by atoms with Gasteiger partial charge in [-0.25, -0.2) is 4.39 Å². The minimum Gasteiger partial charge on any atom is -0.378 e. The zero-order chi connectivity index (χ0) is 24.2. The van der Waals surface area contributed by atoms with Crippen LogP contribution in [0.1, 0.15) is 10.4 Å². The zero-order valence-corrected chi connectivity index (χ0v) is 19.2. The topological polar surface area (TPSA) is 96.7 Å². The molecule has 1 aliphatic rings. The van der Waals surface area contributed by atoms with Crippen LogP contribution >= 0.6 is 23.2 Å². The summed E-state index contributed by atoms with van der Waals surface area (Å²) in [7, 11) is 0. The van der Waals surface area contributed by atoms with Crippen LogP contribution in [0.3, 0.4) is 0 Å². The van der Waals surface area contributed by atoms with Gasteiger partial charge in [0.05, 0.1) is 28.8 Å². The molecule has 0 aliphatic carbocycles. The number of morpholine rings is 1. The van der Waals surface area contributed by atoms with Gasteiger partial charge in [-0.3, -0.25) is 14.9 Å². The molecule has 3 aromatic carbocycles. The van der Waals surface area contributed by atoms with Gasteiger partial charge in [0.2, 0.25) is 0 Å². The number of amides is 1. The van der Waals surface area contributed by atoms with Crippen LogP contribution in [-0.4, -0.2) is 37.1 Å². The first-order chi connectivity index (χ1) is 16.3. The number of carbonyl (C=O) groups is 1. The first-order valence-corrected chi connectivity index (χ1v) is 11.0. The number of nitro benzene ring substituents is 1. The third-order valence-electron chi connectivity index (χ3n) is 5.17. The average molecular weight is 505 g/mol. The molecule has 3 aromatic rings. The van der Waals surface area contributed by atoms with Gasteiger partial charge in [-0.1, -0.05) is 23.2 Å². The molecule has 1 amide bonds. The highest BCUT2D eigenvalue weighted by Crippen LogP contribution is 2.34. The minimum atomic E-state index is -0.556. The first-order valence-electron chi connectivity index (χ1n) is 10.3. The summed E-state index contributed by atoms with van der Waals surface area (Å²) < 4.78 is 19.6. The molecule has 176 valence electrons. The minimum absolute atomic E-state index is 0.122. The summed E-state index contributed by atoms with van der Waals surface area (Å²) in [4.78, 5) is 25.7.